The Morgan fingerprint density at radius 3 is 1.97 bits per heavy atom. The summed E-state index contributed by atoms with van der Waals surface area (Å²) in [5, 5.41) is 2.34. The van der Waals surface area contributed by atoms with Gasteiger partial charge in [0.25, 0.3) is 42.2 Å². The minimum Gasteiger partial charge on any atom is -0.344 e. The highest BCUT2D eigenvalue weighted by Crippen LogP contribution is 2.52. The first-order valence-electron chi connectivity index (χ1n) is 20.9. The van der Waals surface area contributed by atoms with Gasteiger partial charge >= 0.3 is 5.97 Å². The van der Waals surface area contributed by atoms with Crippen LogP contribution < -0.4 is 4.90 Å². The highest BCUT2D eigenvalue weighted by atomic mass is 32.2. The molecule has 16 nitrogen and oxygen atoms in total. The van der Waals surface area contributed by atoms with Crippen LogP contribution in [0.15, 0.2) is 99.3 Å². The van der Waals surface area contributed by atoms with Gasteiger partial charge in [-0.1, -0.05) is 44.6 Å². The first-order valence-corrected chi connectivity index (χ1v) is 25.3. The number of fused-ring (bicyclic) bond motifs is 6. The predicted molar refractivity (Wildman–Crippen MR) is 243 cm³/mol. The fourth-order valence-electron chi connectivity index (χ4n) is 9.46. The van der Waals surface area contributed by atoms with Crippen LogP contribution in [-0.4, -0.2) is 85.1 Å². The van der Waals surface area contributed by atoms with Crippen molar-refractivity contribution in [1.82, 2.24) is 5.06 Å². The van der Waals surface area contributed by atoms with Gasteiger partial charge in [0.2, 0.25) is 5.69 Å². The van der Waals surface area contributed by atoms with E-state index in [4.69, 9.17) is 4.84 Å². The molecule has 2 amide bonds. The SMILES string of the molecule is CC[N+]1=C(/C=C/C=C/C=C2/N(CCCCCC(=O)ON3C(=O)CCC3=O)c3ccc4c(S(=O)(=O)O)cc(S(=O)(=O)O)cc4c3C2(C)C)C(C)(C)c2c1ccc1c(C)cc(S(=O)(=O)O)cc21. The minimum atomic E-state index is -4.96. The van der Waals surface area contributed by atoms with E-state index in [1.165, 1.54) is 24.3 Å². The fraction of sp³-hybridized carbons (Fsp3) is 0.348. The van der Waals surface area contributed by atoms with Gasteiger partial charge in [-0.15, -0.1) is 5.06 Å². The zero-order valence-electron chi connectivity index (χ0n) is 36.7. The summed E-state index contributed by atoms with van der Waals surface area (Å²) in [6.45, 7) is 12.7. The zero-order chi connectivity index (χ0) is 47.6. The van der Waals surface area contributed by atoms with E-state index < -0.39 is 68.8 Å². The van der Waals surface area contributed by atoms with Crippen LogP contribution in [0.3, 0.4) is 0 Å². The molecule has 0 saturated carbocycles. The number of carbonyl (C=O) groups excluding carboxylic acids is 3. The van der Waals surface area contributed by atoms with Gasteiger partial charge in [0.15, 0.2) is 5.71 Å². The summed E-state index contributed by atoms with van der Waals surface area (Å²) in [5.41, 5.74) is 3.90. The van der Waals surface area contributed by atoms with Crippen molar-refractivity contribution < 1.29 is 62.7 Å². The molecule has 1 fully saturated rings. The molecule has 0 spiro atoms. The van der Waals surface area contributed by atoms with Crippen molar-refractivity contribution in [3.05, 3.63) is 101 Å². The second-order valence-corrected chi connectivity index (χ2v) is 21.6. The molecule has 3 aliphatic rings. The molecular weight excluding hydrogens is 899 g/mol. The fourth-order valence-corrected chi connectivity index (χ4v) is 11.4. The summed E-state index contributed by atoms with van der Waals surface area (Å²) in [6.07, 6.45) is 10.8. The summed E-state index contributed by atoms with van der Waals surface area (Å²) in [5.74, 6) is -1.85. The molecule has 7 rings (SSSR count). The Labute approximate surface area is 377 Å². The van der Waals surface area contributed by atoms with Crippen LogP contribution >= 0.6 is 0 Å². The lowest BCUT2D eigenvalue weighted by molar-refractivity contribution is -0.433. The Balaban J connectivity index is 1.22. The maximum absolute atomic E-state index is 12.6. The Morgan fingerprint density at radius 1 is 0.738 bits per heavy atom. The van der Waals surface area contributed by atoms with Gasteiger partial charge in [0, 0.05) is 65.7 Å². The van der Waals surface area contributed by atoms with Crippen molar-refractivity contribution in [3.63, 3.8) is 0 Å². The van der Waals surface area contributed by atoms with Crippen LogP contribution in [0.2, 0.25) is 0 Å². The molecule has 19 heteroatoms. The number of carbonyl (C=O) groups is 3. The molecule has 65 heavy (non-hydrogen) atoms. The van der Waals surface area contributed by atoms with Gasteiger partial charge in [-0.2, -0.15) is 29.8 Å². The van der Waals surface area contributed by atoms with Crippen LogP contribution in [-0.2, 0) is 60.4 Å². The van der Waals surface area contributed by atoms with Gasteiger partial charge in [0.05, 0.1) is 15.2 Å². The number of imide groups is 1. The van der Waals surface area contributed by atoms with E-state index in [9.17, 15) is 53.3 Å². The Hall–Kier alpha value is -5.57. The number of anilines is 1. The number of hydrogen-bond acceptors (Lipinski definition) is 11. The largest absolute Gasteiger partial charge is 0.344 e. The van der Waals surface area contributed by atoms with Gasteiger partial charge < -0.3 is 9.74 Å². The van der Waals surface area contributed by atoms with Crippen molar-refractivity contribution in [2.45, 2.75) is 106 Å². The summed E-state index contributed by atoms with van der Waals surface area (Å²) < 4.78 is 107. The zero-order valence-corrected chi connectivity index (χ0v) is 39.1. The quantitative estimate of drug-likeness (QED) is 0.0368. The van der Waals surface area contributed by atoms with Crippen molar-refractivity contribution in [2.75, 3.05) is 18.0 Å². The third-order valence-corrected chi connectivity index (χ3v) is 15.0. The summed E-state index contributed by atoms with van der Waals surface area (Å²) in [7, 11) is -14.3. The van der Waals surface area contributed by atoms with Crippen LogP contribution in [0.5, 0.6) is 0 Å². The molecule has 4 aromatic carbocycles. The third-order valence-electron chi connectivity index (χ3n) is 12.4. The summed E-state index contributed by atoms with van der Waals surface area (Å²) in [4.78, 5) is 41.7. The molecule has 0 radical (unpaired) electrons. The number of allylic oxidation sites excluding steroid dienone is 6. The van der Waals surface area contributed by atoms with Crippen LogP contribution in [0.25, 0.3) is 21.5 Å². The highest BCUT2D eigenvalue weighted by molar-refractivity contribution is 7.87. The van der Waals surface area contributed by atoms with Crippen molar-refractivity contribution in [2.24, 2.45) is 0 Å². The number of hydroxylamine groups is 2. The Morgan fingerprint density at radius 2 is 1.35 bits per heavy atom. The molecule has 3 aliphatic heterocycles. The number of amides is 2. The second kappa shape index (κ2) is 17.0. The van der Waals surface area contributed by atoms with Crippen LogP contribution in [0, 0.1) is 6.92 Å². The maximum Gasteiger partial charge on any atom is 0.333 e. The van der Waals surface area contributed by atoms with E-state index >= 15 is 0 Å². The van der Waals surface area contributed by atoms with E-state index in [0.29, 0.717) is 60.3 Å². The van der Waals surface area contributed by atoms with Gasteiger partial charge in [-0.05, 0) is 110 Å². The molecule has 0 aliphatic carbocycles. The molecule has 0 atom stereocenters. The van der Waals surface area contributed by atoms with Gasteiger partial charge in [-0.3, -0.25) is 23.2 Å². The molecule has 0 aromatic heterocycles. The van der Waals surface area contributed by atoms with E-state index in [0.717, 1.165) is 33.4 Å². The summed E-state index contributed by atoms with van der Waals surface area (Å²) in [6, 6.07) is 12.0. The first kappa shape index (κ1) is 47.4. The smallest absolute Gasteiger partial charge is 0.333 e. The molecule has 0 unspecified atom stereocenters. The number of nitrogens with zero attached hydrogens (tertiary/aromatic N) is 3. The van der Waals surface area contributed by atoms with Crippen LogP contribution in [0.1, 0.15) is 89.8 Å². The lowest BCUT2D eigenvalue weighted by atomic mass is 9.78. The normalized spacial score (nSPS) is 18.1. The lowest BCUT2D eigenvalue weighted by Crippen LogP contribution is -2.32. The standard InChI is InChI=1S/C46H49N3O13S3/c1-7-47-35-19-17-31-28(2)24-29(63(53,54)55)25-33(31)43(35)45(3,4)38(47)14-10-8-11-15-39-46(5,6)44-34-26-30(64(56,57)58)27-37(65(59,60)61)32(34)18-20-36(44)48(39)23-13-9-12-16-42(52)62-49-40(50)21-22-41(49)51/h8,10-11,14-15,17-20,24-27H,7,9,12-13,16,21-23H2,1-6H3,(H2-,53,54,55,56,57,58,59,60,61)/p+1. The van der Waals surface area contributed by atoms with Crippen molar-refractivity contribution >= 4 is 86.8 Å². The first-order chi connectivity index (χ1) is 30.3. The maximum atomic E-state index is 12.6. The van der Waals surface area contributed by atoms with E-state index in [-0.39, 0.29) is 34.9 Å². The number of rotatable bonds is 14. The lowest BCUT2D eigenvalue weighted by Gasteiger charge is -2.27. The average Bonchev–Trinajstić information content (AvgIpc) is 3.73. The van der Waals surface area contributed by atoms with E-state index in [1.807, 2.05) is 68.2 Å². The topological polar surface area (TPSA) is 233 Å². The Bertz CT molecular complexity index is 3190. The number of hydrogen-bond donors (Lipinski definition) is 3. The molecule has 344 valence electrons. The van der Waals surface area contributed by atoms with Gasteiger partial charge in [0.1, 0.15) is 11.4 Å². The molecular formula is C46H50N3O13S3+. The molecule has 0 bridgehead atoms. The van der Waals surface area contributed by atoms with E-state index in [1.54, 1.807) is 13.0 Å². The third kappa shape index (κ3) is 8.80. The van der Waals surface area contributed by atoms with Crippen molar-refractivity contribution in [1.29, 1.82) is 0 Å². The Kier molecular flexibility index (Phi) is 12.4. The number of aryl methyl sites for hydroxylation is 1. The number of unbranched alkanes of at least 4 members (excludes halogenated alkanes) is 2. The molecule has 1 saturated heterocycles. The summed E-state index contributed by atoms with van der Waals surface area (Å²) >= 11 is 0. The van der Waals surface area contributed by atoms with Gasteiger partial charge in [-0.25, -0.2) is 4.79 Å². The molecule has 3 heterocycles. The monoisotopic (exact) mass is 948 g/mol. The average molecular weight is 949 g/mol. The predicted octanol–water partition coefficient (Wildman–Crippen LogP) is 7.40. The highest BCUT2D eigenvalue weighted by Gasteiger charge is 2.46. The van der Waals surface area contributed by atoms with Crippen LogP contribution in [0.4, 0.5) is 11.4 Å². The van der Waals surface area contributed by atoms with Crippen molar-refractivity contribution in [3.8, 4) is 0 Å². The second-order valence-electron chi connectivity index (χ2n) is 17.4. The van der Waals surface area contributed by atoms with E-state index in [2.05, 4.69) is 18.4 Å². The molecule has 3 N–H and O–H groups in total. The number of benzene rings is 4. The molecule has 4 aromatic rings. The minimum absolute atomic E-state index is 0.0173.